The lowest BCUT2D eigenvalue weighted by Crippen LogP contribution is -2.35. The van der Waals surface area contributed by atoms with Crippen LogP contribution in [0.25, 0.3) is 11.0 Å². The van der Waals surface area contributed by atoms with E-state index in [0.29, 0.717) is 13.0 Å². The van der Waals surface area contributed by atoms with Crippen molar-refractivity contribution >= 4 is 11.0 Å². The van der Waals surface area contributed by atoms with E-state index in [1.54, 1.807) is 6.26 Å². The minimum absolute atomic E-state index is 0.548. The summed E-state index contributed by atoms with van der Waals surface area (Å²) in [4.78, 5) is 0. The second-order valence-electron chi connectivity index (χ2n) is 4.09. The van der Waals surface area contributed by atoms with Gasteiger partial charge >= 0.3 is 0 Å². The summed E-state index contributed by atoms with van der Waals surface area (Å²) in [5.41, 5.74) is 0.977. The monoisotopic (exact) mass is 219 g/mol. The van der Waals surface area contributed by atoms with Crippen LogP contribution in [0.4, 0.5) is 0 Å². The average molecular weight is 219 g/mol. The molecule has 0 aliphatic rings. The van der Waals surface area contributed by atoms with E-state index >= 15 is 0 Å². The standard InChI is InChI=1S/C13H17NO2/c1-3-13(15,9-14-2)11-4-5-12-10(8-11)6-7-16-12/h4-8,14-15H,3,9H2,1-2H3. The molecule has 1 aromatic carbocycles. The van der Waals surface area contributed by atoms with E-state index in [0.717, 1.165) is 16.5 Å². The molecule has 16 heavy (non-hydrogen) atoms. The minimum atomic E-state index is -0.805. The third-order valence-corrected chi connectivity index (χ3v) is 3.04. The van der Waals surface area contributed by atoms with Crippen LogP contribution >= 0.6 is 0 Å². The lowest BCUT2D eigenvalue weighted by Gasteiger charge is -2.27. The molecule has 1 unspecified atom stereocenters. The number of rotatable bonds is 4. The Balaban J connectivity index is 2.44. The molecular weight excluding hydrogens is 202 g/mol. The molecule has 1 aromatic heterocycles. The fourth-order valence-corrected chi connectivity index (χ4v) is 1.98. The van der Waals surface area contributed by atoms with Gasteiger partial charge in [0.2, 0.25) is 0 Å². The lowest BCUT2D eigenvalue weighted by molar-refractivity contribution is 0.0347. The van der Waals surface area contributed by atoms with E-state index in [2.05, 4.69) is 5.32 Å². The van der Waals surface area contributed by atoms with Gasteiger partial charge in [-0.2, -0.15) is 0 Å². The summed E-state index contributed by atoms with van der Waals surface area (Å²) < 4.78 is 5.28. The molecule has 0 spiro atoms. The van der Waals surface area contributed by atoms with Crippen LogP contribution in [0.1, 0.15) is 18.9 Å². The van der Waals surface area contributed by atoms with E-state index in [4.69, 9.17) is 4.42 Å². The second kappa shape index (κ2) is 4.28. The van der Waals surface area contributed by atoms with Gasteiger partial charge in [0.05, 0.1) is 6.26 Å². The maximum absolute atomic E-state index is 10.5. The largest absolute Gasteiger partial charge is 0.464 e. The van der Waals surface area contributed by atoms with Gasteiger partial charge in [0.25, 0.3) is 0 Å². The number of benzene rings is 1. The number of hydrogen-bond donors (Lipinski definition) is 2. The lowest BCUT2D eigenvalue weighted by atomic mass is 9.90. The number of nitrogens with one attached hydrogen (secondary N) is 1. The molecule has 3 heteroatoms. The Bertz CT molecular complexity index is 477. The number of aliphatic hydroxyl groups is 1. The molecule has 2 aromatic rings. The first-order valence-corrected chi connectivity index (χ1v) is 5.54. The van der Waals surface area contributed by atoms with Crippen molar-refractivity contribution in [3.63, 3.8) is 0 Å². The Morgan fingerprint density at radius 1 is 1.38 bits per heavy atom. The number of fused-ring (bicyclic) bond motifs is 1. The van der Waals surface area contributed by atoms with Gasteiger partial charge in [0.1, 0.15) is 11.2 Å². The van der Waals surface area contributed by atoms with E-state index in [1.807, 2.05) is 38.2 Å². The van der Waals surface area contributed by atoms with Crippen LogP contribution in [-0.2, 0) is 5.60 Å². The van der Waals surface area contributed by atoms with Crippen LogP contribution in [0.5, 0.6) is 0 Å². The molecule has 0 amide bonds. The summed E-state index contributed by atoms with van der Waals surface area (Å²) in [7, 11) is 1.84. The molecule has 1 heterocycles. The zero-order valence-corrected chi connectivity index (χ0v) is 9.66. The fourth-order valence-electron chi connectivity index (χ4n) is 1.98. The summed E-state index contributed by atoms with van der Waals surface area (Å²) in [5.74, 6) is 0. The Labute approximate surface area is 95.1 Å². The van der Waals surface area contributed by atoms with Crippen molar-refractivity contribution in [1.29, 1.82) is 0 Å². The maximum atomic E-state index is 10.5. The molecule has 3 nitrogen and oxygen atoms in total. The summed E-state index contributed by atoms with van der Waals surface area (Å²) in [6.45, 7) is 2.53. The molecule has 0 bridgehead atoms. The third kappa shape index (κ3) is 1.84. The van der Waals surface area contributed by atoms with Crippen molar-refractivity contribution in [3.8, 4) is 0 Å². The Hall–Kier alpha value is -1.32. The first-order chi connectivity index (χ1) is 7.69. The Kier molecular flexibility index (Phi) is 2.99. The Morgan fingerprint density at radius 2 is 2.19 bits per heavy atom. The molecule has 0 fully saturated rings. The van der Waals surface area contributed by atoms with Crippen molar-refractivity contribution in [3.05, 3.63) is 36.1 Å². The molecule has 0 saturated heterocycles. The van der Waals surface area contributed by atoms with E-state index < -0.39 is 5.60 Å². The van der Waals surface area contributed by atoms with Gasteiger partial charge in [-0.15, -0.1) is 0 Å². The maximum Gasteiger partial charge on any atom is 0.133 e. The van der Waals surface area contributed by atoms with Gasteiger partial charge in [0, 0.05) is 11.9 Å². The van der Waals surface area contributed by atoms with Crippen molar-refractivity contribution < 1.29 is 9.52 Å². The van der Waals surface area contributed by atoms with Crippen molar-refractivity contribution in [2.45, 2.75) is 18.9 Å². The fraction of sp³-hybridized carbons (Fsp3) is 0.385. The van der Waals surface area contributed by atoms with Crippen LogP contribution in [0.3, 0.4) is 0 Å². The van der Waals surface area contributed by atoms with Gasteiger partial charge in [-0.3, -0.25) is 0 Å². The van der Waals surface area contributed by atoms with Gasteiger partial charge in [-0.1, -0.05) is 13.0 Å². The summed E-state index contributed by atoms with van der Waals surface area (Å²) in [6, 6.07) is 7.72. The molecular formula is C13H17NO2. The van der Waals surface area contributed by atoms with Crippen LogP contribution in [0, 0.1) is 0 Å². The van der Waals surface area contributed by atoms with Crippen LogP contribution < -0.4 is 5.32 Å². The first-order valence-electron chi connectivity index (χ1n) is 5.54. The van der Waals surface area contributed by atoms with E-state index in [9.17, 15) is 5.11 Å². The SMILES string of the molecule is CCC(O)(CNC)c1ccc2occc2c1. The molecule has 0 aliphatic heterocycles. The highest BCUT2D eigenvalue weighted by atomic mass is 16.3. The summed E-state index contributed by atoms with van der Waals surface area (Å²) in [6.07, 6.45) is 2.34. The second-order valence-corrected chi connectivity index (χ2v) is 4.09. The topological polar surface area (TPSA) is 45.4 Å². The number of likely N-dealkylation sites (N-methyl/N-ethyl adjacent to an activating group) is 1. The van der Waals surface area contributed by atoms with Crippen LogP contribution in [0.2, 0.25) is 0 Å². The molecule has 2 rings (SSSR count). The zero-order chi connectivity index (χ0) is 11.6. The average Bonchev–Trinajstić information content (AvgIpc) is 2.76. The highest BCUT2D eigenvalue weighted by Gasteiger charge is 2.26. The zero-order valence-electron chi connectivity index (χ0n) is 9.66. The third-order valence-electron chi connectivity index (χ3n) is 3.04. The van der Waals surface area contributed by atoms with Crippen molar-refractivity contribution in [1.82, 2.24) is 5.32 Å². The molecule has 0 aliphatic carbocycles. The Morgan fingerprint density at radius 3 is 2.88 bits per heavy atom. The minimum Gasteiger partial charge on any atom is -0.464 e. The van der Waals surface area contributed by atoms with Crippen molar-refractivity contribution in [2.75, 3.05) is 13.6 Å². The number of furan rings is 1. The molecule has 0 radical (unpaired) electrons. The molecule has 86 valence electrons. The van der Waals surface area contributed by atoms with Gasteiger partial charge in [-0.25, -0.2) is 0 Å². The van der Waals surface area contributed by atoms with Crippen LogP contribution in [-0.4, -0.2) is 18.7 Å². The number of hydrogen-bond acceptors (Lipinski definition) is 3. The molecule has 0 saturated carbocycles. The van der Waals surface area contributed by atoms with Gasteiger partial charge in [-0.05, 0) is 37.2 Å². The molecule has 2 N–H and O–H groups in total. The highest BCUT2D eigenvalue weighted by molar-refractivity contribution is 5.78. The predicted octanol–water partition coefficient (Wildman–Crippen LogP) is 2.25. The van der Waals surface area contributed by atoms with Gasteiger partial charge in [0.15, 0.2) is 0 Å². The quantitative estimate of drug-likeness (QED) is 0.829. The predicted molar refractivity (Wildman–Crippen MR) is 64.3 cm³/mol. The van der Waals surface area contributed by atoms with Gasteiger partial charge < -0.3 is 14.8 Å². The first kappa shape index (κ1) is 11.2. The summed E-state index contributed by atoms with van der Waals surface area (Å²) in [5, 5.41) is 14.5. The van der Waals surface area contributed by atoms with E-state index in [1.165, 1.54) is 0 Å². The summed E-state index contributed by atoms with van der Waals surface area (Å²) >= 11 is 0. The van der Waals surface area contributed by atoms with E-state index in [-0.39, 0.29) is 0 Å². The normalized spacial score (nSPS) is 15.2. The smallest absolute Gasteiger partial charge is 0.133 e. The van der Waals surface area contributed by atoms with Crippen LogP contribution in [0.15, 0.2) is 34.9 Å². The highest BCUT2D eigenvalue weighted by Crippen LogP contribution is 2.27. The van der Waals surface area contributed by atoms with Crippen molar-refractivity contribution in [2.24, 2.45) is 0 Å². The molecule has 1 atom stereocenters.